The van der Waals surface area contributed by atoms with Gasteiger partial charge in [-0.05, 0) is 25.8 Å². The van der Waals surface area contributed by atoms with Crippen LogP contribution < -0.4 is 10.6 Å². The lowest BCUT2D eigenvalue weighted by Crippen LogP contribution is -2.28. The second-order valence-electron chi connectivity index (χ2n) is 3.47. The topological polar surface area (TPSA) is 64.9 Å². The third kappa shape index (κ3) is 10.8. The Hall–Kier alpha value is -1.08. The molecule has 0 aliphatic rings. The van der Waals surface area contributed by atoms with Gasteiger partial charge in [-0.2, -0.15) is 5.26 Å². The van der Waals surface area contributed by atoms with Crippen LogP contribution >= 0.6 is 0 Å². The molecule has 4 nitrogen and oxygen atoms in total. The first-order chi connectivity index (χ1) is 7.31. The summed E-state index contributed by atoms with van der Waals surface area (Å²) in [7, 11) is 0. The fourth-order valence-corrected chi connectivity index (χ4v) is 1.13. The predicted octanol–water partition coefficient (Wildman–Crippen LogP) is 1.19. The maximum absolute atomic E-state index is 11.1. The van der Waals surface area contributed by atoms with E-state index in [0.29, 0.717) is 12.8 Å². The van der Waals surface area contributed by atoms with E-state index in [0.717, 1.165) is 38.9 Å². The van der Waals surface area contributed by atoms with E-state index in [4.69, 9.17) is 5.26 Å². The number of nitrogens with one attached hydrogen (secondary N) is 2. The number of carbonyl (C=O) groups excluding carboxylic acids is 1. The van der Waals surface area contributed by atoms with Crippen LogP contribution in [0.3, 0.4) is 0 Å². The van der Waals surface area contributed by atoms with Gasteiger partial charge in [-0.15, -0.1) is 0 Å². The molecule has 0 bridgehead atoms. The molecule has 0 rings (SSSR count). The minimum atomic E-state index is 0.112. The van der Waals surface area contributed by atoms with Crippen LogP contribution in [-0.2, 0) is 4.79 Å². The molecule has 2 N–H and O–H groups in total. The number of hydrogen-bond acceptors (Lipinski definition) is 3. The number of nitriles is 1. The molecular formula is C11H21N3O. The molecule has 0 aromatic rings. The Balaban J connectivity index is 3.10. The second kappa shape index (κ2) is 11.0. The Morgan fingerprint density at radius 1 is 1.27 bits per heavy atom. The first kappa shape index (κ1) is 13.9. The van der Waals surface area contributed by atoms with Crippen molar-refractivity contribution >= 4 is 5.91 Å². The van der Waals surface area contributed by atoms with Gasteiger partial charge in [0.15, 0.2) is 0 Å². The maximum atomic E-state index is 11.1. The highest BCUT2D eigenvalue weighted by Gasteiger charge is 1.98. The van der Waals surface area contributed by atoms with E-state index >= 15 is 0 Å². The predicted molar refractivity (Wildman–Crippen MR) is 60.3 cm³/mol. The van der Waals surface area contributed by atoms with Crippen LogP contribution in [0.15, 0.2) is 0 Å². The van der Waals surface area contributed by atoms with E-state index < -0.39 is 0 Å². The number of rotatable bonds is 9. The Morgan fingerprint density at radius 2 is 2.07 bits per heavy atom. The summed E-state index contributed by atoms with van der Waals surface area (Å²) in [6, 6.07) is 2.11. The molecule has 86 valence electrons. The van der Waals surface area contributed by atoms with Crippen molar-refractivity contribution in [3.8, 4) is 6.07 Å². The van der Waals surface area contributed by atoms with Gasteiger partial charge in [-0.1, -0.05) is 6.92 Å². The van der Waals surface area contributed by atoms with Gasteiger partial charge in [-0.3, -0.25) is 4.79 Å². The summed E-state index contributed by atoms with van der Waals surface area (Å²) in [5.41, 5.74) is 0. The monoisotopic (exact) mass is 211 g/mol. The van der Waals surface area contributed by atoms with Crippen LogP contribution in [0, 0.1) is 11.3 Å². The average molecular weight is 211 g/mol. The molecule has 0 saturated heterocycles. The normalized spacial score (nSPS) is 9.60. The van der Waals surface area contributed by atoms with Crippen molar-refractivity contribution in [1.82, 2.24) is 10.6 Å². The number of hydrogen-bond donors (Lipinski definition) is 2. The van der Waals surface area contributed by atoms with Gasteiger partial charge in [0.1, 0.15) is 0 Å². The molecule has 0 spiro atoms. The zero-order valence-corrected chi connectivity index (χ0v) is 9.51. The Kier molecular flexibility index (Phi) is 10.2. The van der Waals surface area contributed by atoms with Crippen molar-refractivity contribution in [1.29, 1.82) is 5.26 Å². The summed E-state index contributed by atoms with van der Waals surface area (Å²) in [5.74, 6) is 0.112. The van der Waals surface area contributed by atoms with Crippen molar-refractivity contribution in [2.24, 2.45) is 0 Å². The van der Waals surface area contributed by atoms with Crippen LogP contribution in [-0.4, -0.2) is 25.5 Å². The molecule has 0 fully saturated rings. The van der Waals surface area contributed by atoms with Gasteiger partial charge in [0, 0.05) is 25.9 Å². The number of carbonyl (C=O) groups is 1. The van der Waals surface area contributed by atoms with Crippen molar-refractivity contribution in [3.05, 3.63) is 0 Å². The van der Waals surface area contributed by atoms with Crippen molar-refractivity contribution < 1.29 is 4.79 Å². The molecular weight excluding hydrogens is 190 g/mol. The first-order valence-corrected chi connectivity index (χ1v) is 5.65. The average Bonchev–Trinajstić information content (AvgIpc) is 2.25. The molecule has 0 atom stereocenters. The van der Waals surface area contributed by atoms with Gasteiger partial charge < -0.3 is 10.6 Å². The SMILES string of the molecule is CCCNC(=O)CCNCCCCC#N. The minimum Gasteiger partial charge on any atom is -0.356 e. The lowest BCUT2D eigenvalue weighted by Gasteiger charge is -2.04. The van der Waals surface area contributed by atoms with Crippen molar-refractivity contribution in [2.45, 2.75) is 39.0 Å². The van der Waals surface area contributed by atoms with Crippen LogP contribution in [0.1, 0.15) is 39.0 Å². The third-order valence-electron chi connectivity index (χ3n) is 1.99. The Morgan fingerprint density at radius 3 is 2.73 bits per heavy atom. The number of nitrogens with zero attached hydrogens (tertiary/aromatic N) is 1. The molecule has 0 aliphatic heterocycles. The van der Waals surface area contributed by atoms with Crippen molar-refractivity contribution in [2.75, 3.05) is 19.6 Å². The summed E-state index contributed by atoms with van der Waals surface area (Å²) < 4.78 is 0. The molecule has 0 aliphatic carbocycles. The van der Waals surface area contributed by atoms with Crippen LogP contribution in [0.25, 0.3) is 0 Å². The molecule has 15 heavy (non-hydrogen) atoms. The number of amides is 1. The minimum absolute atomic E-state index is 0.112. The Labute approximate surface area is 92.0 Å². The highest BCUT2D eigenvalue weighted by molar-refractivity contribution is 5.75. The second-order valence-corrected chi connectivity index (χ2v) is 3.47. The summed E-state index contributed by atoms with van der Waals surface area (Å²) in [6.07, 6.45) is 4.08. The van der Waals surface area contributed by atoms with Gasteiger partial charge in [-0.25, -0.2) is 0 Å². The van der Waals surface area contributed by atoms with Crippen LogP contribution in [0.4, 0.5) is 0 Å². The van der Waals surface area contributed by atoms with Gasteiger partial charge >= 0.3 is 0 Å². The molecule has 0 aromatic heterocycles. The Bertz CT molecular complexity index is 198. The standard InChI is InChI=1S/C11H21N3O/c1-2-8-14-11(15)6-10-13-9-5-3-4-7-12/h13H,2-6,8-10H2,1H3,(H,14,15). The highest BCUT2D eigenvalue weighted by atomic mass is 16.1. The summed E-state index contributed by atoms with van der Waals surface area (Å²) in [4.78, 5) is 11.1. The van der Waals surface area contributed by atoms with E-state index in [1.165, 1.54) is 0 Å². The van der Waals surface area contributed by atoms with E-state index in [9.17, 15) is 4.79 Å². The lowest BCUT2D eigenvalue weighted by molar-refractivity contribution is -0.120. The van der Waals surface area contributed by atoms with E-state index in [1.54, 1.807) is 0 Å². The molecule has 0 heterocycles. The first-order valence-electron chi connectivity index (χ1n) is 5.65. The lowest BCUT2D eigenvalue weighted by atomic mass is 10.2. The molecule has 0 saturated carbocycles. The third-order valence-corrected chi connectivity index (χ3v) is 1.99. The number of unbranched alkanes of at least 4 members (excludes halogenated alkanes) is 2. The van der Waals surface area contributed by atoms with Crippen molar-refractivity contribution in [3.63, 3.8) is 0 Å². The molecule has 0 radical (unpaired) electrons. The summed E-state index contributed by atoms with van der Waals surface area (Å²) >= 11 is 0. The van der Waals surface area contributed by atoms with E-state index in [1.807, 2.05) is 6.92 Å². The zero-order valence-electron chi connectivity index (χ0n) is 9.51. The van der Waals surface area contributed by atoms with Gasteiger partial charge in [0.05, 0.1) is 6.07 Å². The molecule has 1 amide bonds. The fraction of sp³-hybridized carbons (Fsp3) is 0.818. The summed E-state index contributed by atoms with van der Waals surface area (Å²) in [5, 5.41) is 14.3. The molecule has 0 aromatic carbocycles. The van der Waals surface area contributed by atoms with Crippen LogP contribution in [0.2, 0.25) is 0 Å². The van der Waals surface area contributed by atoms with E-state index in [2.05, 4.69) is 16.7 Å². The van der Waals surface area contributed by atoms with E-state index in [-0.39, 0.29) is 5.91 Å². The molecule has 0 unspecified atom stereocenters. The van der Waals surface area contributed by atoms with Crippen LogP contribution in [0.5, 0.6) is 0 Å². The smallest absolute Gasteiger partial charge is 0.221 e. The van der Waals surface area contributed by atoms with Gasteiger partial charge in [0.25, 0.3) is 0 Å². The maximum Gasteiger partial charge on any atom is 0.221 e. The highest BCUT2D eigenvalue weighted by Crippen LogP contribution is 1.91. The zero-order chi connectivity index (χ0) is 11.4. The largest absolute Gasteiger partial charge is 0.356 e. The molecule has 4 heteroatoms. The summed E-state index contributed by atoms with van der Waals surface area (Å²) in [6.45, 7) is 4.42. The quantitative estimate of drug-likeness (QED) is 0.563. The fourth-order valence-electron chi connectivity index (χ4n) is 1.13. The van der Waals surface area contributed by atoms with Gasteiger partial charge in [0.2, 0.25) is 5.91 Å².